The molecule has 0 bridgehead atoms. The Morgan fingerprint density at radius 3 is 2.57 bits per heavy atom. The first-order valence-corrected chi connectivity index (χ1v) is 7.67. The van der Waals surface area contributed by atoms with E-state index in [4.69, 9.17) is 4.98 Å². The van der Waals surface area contributed by atoms with Gasteiger partial charge in [0.2, 0.25) is 0 Å². The SMILES string of the molecule is CCNc1nc(-c2ccc(F)cc2)nc2c1CCCCC2. The summed E-state index contributed by atoms with van der Waals surface area (Å²) in [5.41, 5.74) is 3.28. The van der Waals surface area contributed by atoms with Gasteiger partial charge < -0.3 is 5.32 Å². The quantitative estimate of drug-likeness (QED) is 0.867. The molecule has 0 atom stereocenters. The van der Waals surface area contributed by atoms with Gasteiger partial charge in [-0.05, 0) is 56.9 Å². The molecule has 1 N–H and O–H groups in total. The molecule has 0 unspecified atom stereocenters. The summed E-state index contributed by atoms with van der Waals surface area (Å²) in [6.07, 6.45) is 5.67. The van der Waals surface area contributed by atoms with Crippen LogP contribution in [0.5, 0.6) is 0 Å². The van der Waals surface area contributed by atoms with Crippen molar-refractivity contribution in [3.8, 4) is 11.4 Å². The van der Waals surface area contributed by atoms with Gasteiger partial charge in [0.25, 0.3) is 0 Å². The van der Waals surface area contributed by atoms with Gasteiger partial charge in [0.15, 0.2) is 5.82 Å². The number of nitrogens with one attached hydrogen (secondary N) is 1. The van der Waals surface area contributed by atoms with Crippen molar-refractivity contribution in [2.24, 2.45) is 0 Å². The highest BCUT2D eigenvalue weighted by Crippen LogP contribution is 2.27. The average molecular weight is 285 g/mol. The first-order chi connectivity index (χ1) is 10.3. The second-order valence-corrected chi connectivity index (χ2v) is 5.42. The van der Waals surface area contributed by atoms with Crippen LogP contribution in [0.2, 0.25) is 0 Å². The molecule has 0 fully saturated rings. The molecule has 0 saturated heterocycles. The molecule has 3 rings (SSSR count). The van der Waals surface area contributed by atoms with Crippen LogP contribution >= 0.6 is 0 Å². The fourth-order valence-electron chi connectivity index (χ4n) is 2.81. The number of hydrogen-bond donors (Lipinski definition) is 1. The molecule has 2 aromatic rings. The van der Waals surface area contributed by atoms with Crippen molar-refractivity contribution in [1.82, 2.24) is 9.97 Å². The van der Waals surface area contributed by atoms with E-state index >= 15 is 0 Å². The maximum atomic E-state index is 13.1. The van der Waals surface area contributed by atoms with Crippen molar-refractivity contribution < 1.29 is 4.39 Å². The smallest absolute Gasteiger partial charge is 0.161 e. The molecule has 1 aromatic heterocycles. The van der Waals surface area contributed by atoms with Gasteiger partial charge in [-0.2, -0.15) is 0 Å². The second kappa shape index (κ2) is 6.20. The van der Waals surface area contributed by atoms with Gasteiger partial charge in [-0.25, -0.2) is 14.4 Å². The first kappa shape index (κ1) is 14.0. The van der Waals surface area contributed by atoms with Gasteiger partial charge >= 0.3 is 0 Å². The molecule has 21 heavy (non-hydrogen) atoms. The maximum Gasteiger partial charge on any atom is 0.161 e. The van der Waals surface area contributed by atoms with Crippen LogP contribution in [0, 0.1) is 5.82 Å². The third-order valence-electron chi connectivity index (χ3n) is 3.88. The molecular weight excluding hydrogens is 265 g/mol. The zero-order valence-corrected chi connectivity index (χ0v) is 12.3. The van der Waals surface area contributed by atoms with Gasteiger partial charge in [-0.1, -0.05) is 6.42 Å². The molecule has 0 aliphatic heterocycles. The van der Waals surface area contributed by atoms with Crippen molar-refractivity contribution in [2.45, 2.75) is 39.0 Å². The summed E-state index contributed by atoms with van der Waals surface area (Å²) < 4.78 is 13.1. The van der Waals surface area contributed by atoms with E-state index in [0.717, 1.165) is 36.5 Å². The minimum absolute atomic E-state index is 0.236. The fourth-order valence-corrected chi connectivity index (χ4v) is 2.81. The van der Waals surface area contributed by atoms with Gasteiger partial charge in [0.05, 0.1) is 0 Å². The number of hydrogen-bond acceptors (Lipinski definition) is 3. The molecule has 0 spiro atoms. The van der Waals surface area contributed by atoms with E-state index in [0.29, 0.717) is 5.82 Å². The summed E-state index contributed by atoms with van der Waals surface area (Å²) in [7, 11) is 0. The van der Waals surface area contributed by atoms with Gasteiger partial charge in [0.1, 0.15) is 11.6 Å². The molecular formula is C17H20FN3. The Labute approximate surface area is 124 Å². The van der Waals surface area contributed by atoms with Crippen LogP contribution in [0.4, 0.5) is 10.2 Å². The lowest BCUT2D eigenvalue weighted by Crippen LogP contribution is -2.09. The number of halogens is 1. The number of nitrogens with zero attached hydrogens (tertiary/aromatic N) is 2. The Hall–Kier alpha value is -1.97. The lowest BCUT2D eigenvalue weighted by molar-refractivity contribution is 0.628. The Bertz CT molecular complexity index is 623. The molecule has 1 aliphatic carbocycles. The highest BCUT2D eigenvalue weighted by molar-refractivity contribution is 5.60. The summed E-state index contributed by atoms with van der Waals surface area (Å²) in [6, 6.07) is 6.39. The largest absolute Gasteiger partial charge is 0.370 e. The van der Waals surface area contributed by atoms with E-state index in [1.54, 1.807) is 12.1 Å². The van der Waals surface area contributed by atoms with Crippen LogP contribution in [0.25, 0.3) is 11.4 Å². The van der Waals surface area contributed by atoms with Crippen molar-refractivity contribution in [3.05, 3.63) is 41.3 Å². The predicted molar refractivity (Wildman–Crippen MR) is 82.8 cm³/mol. The van der Waals surface area contributed by atoms with Crippen molar-refractivity contribution in [2.75, 3.05) is 11.9 Å². The Balaban J connectivity index is 2.07. The first-order valence-electron chi connectivity index (χ1n) is 7.67. The molecule has 1 heterocycles. The Morgan fingerprint density at radius 2 is 1.81 bits per heavy atom. The maximum absolute atomic E-state index is 13.1. The summed E-state index contributed by atoms with van der Waals surface area (Å²) in [6.45, 7) is 2.91. The van der Waals surface area contributed by atoms with E-state index in [1.165, 1.54) is 37.0 Å². The zero-order chi connectivity index (χ0) is 14.7. The number of anilines is 1. The van der Waals surface area contributed by atoms with E-state index in [-0.39, 0.29) is 5.82 Å². The molecule has 1 aromatic carbocycles. The molecule has 3 nitrogen and oxygen atoms in total. The number of aryl methyl sites for hydroxylation is 1. The van der Waals surface area contributed by atoms with E-state index in [9.17, 15) is 4.39 Å². The van der Waals surface area contributed by atoms with E-state index in [1.807, 2.05) is 0 Å². The van der Waals surface area contributed by atoms with Crippen LogP contribution < -0.4 is 5.32 Å². The van der Waals surface area contributed by atoms with Crippen molar-refractivity contribution in [1.29, 1.82) is 0 Å². The summed E-state index contributed by atoms with van der Waals surface area (Å²) in [4.78, 5) is 9.42. The van der Waals surface area contributed by atoms with Crippen molar-refractivity contribution >= 4 is 5.82 Å². The minimum Gasteiger partial charge on any atom is -0.370 e. The lowest BCUT2D eigenvalue weighted by Gasteiger charge is -2.14. The highest BCUT2D eigenvalue weighted by atomic mass is 19.1. The van der Waals surface area contributed by atoms with Gasteiger partial charge in [0, 0.05) is 23.4 Å². The molecule has 4 heteroatoms. The monoisotopic (exact) mass is 285 g/mol. The number of fused-ring (bicyclic) bond motifs is 1. The normalized spacial score (nSPS) is 14.4. The van der Waals surface area contributed by atoms with Crippen LogP contribution in [0.15, 0.2) is 24.3 Å². The number of benzene rings is 1. The molecule has 0 amide bonds. The van der Waals surface area contributed by atoms with Crippen LogP contribution in [0.3, 0.4) is 0 Å². The lowest BCUT2D eigenvalue weighted by atomic mass is 10.1. The molecule has 0 saturated carbocycles. The minimum atomic E-state index is -0.236. The van der Waals surface area contributed by atoms with Crippen LogP contribution in [-0.2, 0) is 12.8 Å². The standard InChI is InChI=1S/C17H20FN3/c1-2-19-17-14-6-4-3-5-7-15(14)20-16(21-17)12-8-10-13(18)11-9-12/h8-11H,2-7H2,1H3,(H,19,20,21). The third-order valence-corrected chi connectivity index (χ3v) is 3.88. The summed E-state index contributed by atoms with van der Waals surface area (Å²) in [5.74, 6) is 1.40. The second-order valence-electron chi connectivity index (χ2n) is 5.42. The fraction of sp³-hybridized carbons (Fsp3) is 0.412. The Morgan fingerprint density at radius 1 is 1.05 bits per heavy atom. The summed E-state index contributed by atoms with van der Waals surface area (Å²) >= 11 is 0. The zero-order valence-electron chi connectivity index (χ0n) is 12.3. The molecule has 110 valence electrons. The van der Waals surface area contributed by atoms with Crippen LogP contribution in [0.1, 0.15) is 37.4 Å². The third kappa shape index (κ3) is 3.04. The van der Waals surface area contributed by atoms with Crippen LogP contribution in [-0.4, -0.2) is 16.5 Å². The van der Waals surface area contributed by atoms with E-state index < -0.39 is 0 Å². The Kier molecular flexibility index (Phi) is 4.13. The molecule has 1 aliphatic rings. The number of aromatic nitrogens is 2. The highest BCUT2D eigenvalue weighted by Gasteiger charge is 2.17. The number of rotatable bonds is 3. The topological polar surface area (TPSA) is 37.8 Å². The molecule has 0 radical (unpaired) electrons. The predicted octanol–water partition coefficient (Wildman–Crippen LogP) is 3.98. The van der Waals surface area contributed by atoms with Crippen molar-refractivity contribution in [3.63, 3.8) is 0 Å². The van der Waals surface area contributed by atoms with E-state index in [2.05, 4.69) is 17.2 Å². The summed E-state index contributed by atoms with van der Waals surface area (Å²) in [5, 5.41) is 3.36. The van der Waals surface area contributed by atoms with Gasteiger partial charge in [-0.3, -0.25) is 0 Å². The average Bonchev–Trinajstić information content (AvgIpc) is 2.73. The van der Waals surface area contributed by atoms with Gasteiger partial charge in [-0.15, -0.1) is 0 Å².